The summed E-state index contributed by atoms with van der Waals surface area (Å²) in [6, 6.07) is 9.54. The largest absolute Gasteiger partial charge is 0.493 e. The van der Waals surface area contributed by atoms with E-state index in [0.717, 1.165) is 29.7 Å². The number of hydrogen-bond donors (Lipinski definition) is 1. The molecule has 0 bridgehead atoms. The first-order valence-corrected chi connectivity index (χ1v) is 13.0. The van der Waals surface area contributed by atoms with E-state index in [1.54, 1.807) is 20.3 Å². The van der Waals surface area contributed by atoms with Crippen LogP contribution in [-0.4, -0.2) is 44.4 Å². The van der Waals surface area contributed by atoms with E-state index in [4.69, 9.17) is 9.47 Å². The van der Waals surface area contributed by atoms with Gasteiger partial charge in [0, 0.05) is 24.2 Å². The number of nitrogens with zero attached hydrogens (tertiary/aromatic N) is 2. The first kappa shape index (κ1) is 22.4. The van der Waals surface area contributed by atoms with Crippen LogP contribution in [-0.2, 0) is 10.0 Å². The fourth-order valence-corrected chi connectivity index (χ4v) is 6.59. The Hall–Kier alpha value is -3.37. The van der Waals surface area contributed by atoms with Gasteiger partial charge in [-0.05, 0) is 55.2 Å². The number of sulfonamides is 1. The lowest BCUT2D eigenvalue weighted by Gasteiger charge is -2.22. The molecule has 0 spiro atoms. The molecule has 1 aliphatic carbocycles. The van der Waals surface area contributed by atoms with Crippen LogP contribution in [0.4, 0.5) is 5.13 Å². The monoisotopic (exact) mass is 497 g/mol. The number of ether oxygens (including phenoxy) is 2. The second-order valence-electron chi connectivity index (χ2n) is 7.93. The summed E-state index contributed by atoms with van der Waals surface area (Å²) in [5.41, 5.74) is 2.99. The zero-order valence-electron chi connectivity index (χ0n) is 18.7. The summed E-state index contributed by atoms with van der Waals surface area (Å²) in [5.74, 6) is 0.765. The van der Waals surface area contributed by atoms with Crippen molar-refractivity contribution >= 4 is 42.6 Å². The van der Waals surface area contributed by atoms with Crippen molar-refractivity contribution in [2.45, 2.75) is 24.2 Å². The minimum atomic E-state index is -3.68. The Balaban J connectivity index is 1.34. The molecule has 2 heterocycles. The van der Waals surface area contributed by atoms with E-state index in [9.17, 15) is 13.2 Å². The van der Waals surface area contributed by atoms with Gasteiger partial charge in [-0.15, -0.1) is 0 Å². The van der Waals surface area contributed by atoms with Gasteiger partial charge in [0.1, 0.15) is 0 Å². The lowest BCUT2D eigenvalue weighted by molar-refractivity contribution is 0.102. The Morgan fingerprint density at radius 2 is 1.82 bits per heavy atom. The molecule has 8 nitrogen and oxygen atoms in total. The number of hydrogen-bond acceptors (Lipinski definition) is 7. The molecule has 5 rings (SSSR count). The Labute approximate surface area is 201 Å². The van der Waals surface area contributed by atoms with E-state index in [1.165, 1.54) is 45.5 Å². The zero-order valence-corrected chi connectivity index (χ0v) is 20.3. The quantitative estimate of drug-likeness (QED) is 0.536. The molecular weight excluding hydrogens is 474 g/mol. The van der Waals surface area contributed by atoms with Crippen molar-refractivity contribution in [1.82, 2.24) is 9.29 Å². The van der Waals surface area contributed by atoms with Crippen LogP contribution >= 0.6 is 11.3 Å². The van der Waals surface area contributed by atoms with Crippen molar-refractivity contribution in [1.29, 1.82) is 0 Å². The highest BCUT2D eigenvalue weighted by Gasteiger charge is 2.32. The summed E-state index contributed by atoms with van der Waals surface area (Å²) in [4.78, 5) is 17.4. The topological polar surface area (TPSA) is 97.8 Å². The second-order valence-corrected chi connectivity index (χ2v) is 10.8. The Bertz CT molecular complexity index is 1400. The zero-order chi connectivity index (χ0) is 23.9. The highest BCUT2D eigenvalue weighted by atomic mass is 32.2. The van der Waals surface area contributed by atoms with Crippen molar-refractivity contribution in [2.24, 2.45) is 0 Å². The number of aromatic nitrogens is 1. The molecular formula is C24H23N3O5S2. The summed E-state index contributed by atoms with van der Waals surface area (Å²) < 4.78 is 39.3. The maximum Gasteiger partial charge on any atom is 0.264 e. The Kier molecular flexibility index (Phi) is 5.78. The number of nitrogens with one attached hydrogen (secondary N) is 1. The van der Waals surface area contributed by atoms with Crippen LogP contribution in [0.1, 0.15) is 29.6 Å². The minimum Gasteiger partial charge on any atom is -0.493 e. The molecule has 0 atom stereocenters. The van der Waals surface area contributed by atoms with E-state index in [1.807, 2.05) is 18.2 Å². The normalized spacial score (nSPS) is 15.5. The third-order valence-electron chi connectivity index (χ3n) is 5.95. The molecule has 0 unspecified atom stereocenters. The van der Waals surface area contributed by atoms with E-state index in [0.29, 0.717) is 34.3 Å². The lowest BCUT2D eigenvalue weighted by atomic mass is 10.0. The van der Waals surface area contributed by atoms with Gasteiger partial charge in [0.2, 0.25) is 0 Å². The van der Waals surface area contributed by atoms with Crippen molar-refractivity contribution in [3.05, 3.63) is 65.4 Å². The summed E-state index contributed by atoms with van der Waals surface area (Å²) in [6.07, 6.45) is 6.52. The molecule has 1 aliphatic heterocycles. The van der Waals surface area contributed by atoms with Crippen LogP contribution in [0.25, 0.3) is 10.2 Å². The average molecular weight is 498 g/mol. The van der Waals surface area contributed by atoms with E-state index < -0.39 is 10.0 Å². The Morgan fingerprint density at radius 1 is 1.09 bits per heavy atom. The predicted molar refractivity (Wildman–Crippen MR) is 131 cm³/mol. The number of carbonyl (C=O) groups is 1. The van der Waals surface area contributed by atoms with Gasteiger partial charge >= 0.3 is 0 Å². The third-order valence-corrected chi connectivity index (χ3v) is 8.72. The fraction of sp³-hybridized carbons (Fsp3) is 0.250. The molecule has 10 heteroatoms. The van der Waals surface area contributed by atoms with Gasteiger partial charge in [-0.3, -0.25) is 14.4 Å². The Morgan fingerprint density at radius 3 is 2.56 bits per heavy atom. The number of anilines is 1. The molecule has 1 aromatic heterocycles. The van der Waals surface area contributed by atoms with Crippen molar-refractivity contribution in [3.8, 4) is 11.5 Å². The number of allylic oxidation sites excluding steroid dienone is 2. The summed E-state index contributed by atoms with van der Waals surface area (Å²) in [7, 11) is -0.575. The summed E-state index contributed by atoms with van der Waals surface area (Å²) >= 11 is 1.31. The number of fused-ring (bicyclic) bond motifs is 1. The summed E-state index contributed by atoms with van der Waals surface area (Å²) in [5, 5.41) is 3.21. The molecule has 176 valence electrons. The second kappa shape index (κ2) is 8.77. The summed E-state index contributed by atoms with van der Waals surface area (Å²) in [6.45, 7) is 0.451. The molecule has 34 heavy (non-hydrogen) atoms. The number of rotatable bonds is 6. The molecule has 3 aromatic rings. The standard InChI is InChI=1S/C24H23N3O5S2/c1-31-20-13-18-22(14-21(20)32-2)33-24(25-18)26-23(28)16-7-9-17(10-8-16)34(29,30)27-12-11-15-5-3-4-6-19(15)27/h4,6-10,13-14H,3,5,11-12H2,1-2H3,(H,25,26,28). The van der Waals surface area contributed by atoms with Gasteiger partial charge in [-0.25, -0.2) is 13.4 Å². The molecule has 0 radical (unpaired) electrons. The number of amides is 1. The van der Waals surface area contributed by atoms with Gasteiger partial charge in [-0.2, -0.15) is 0 Å². The van der Waals surface area contributed by atoms with Crippen LogP contribution in [0.2, 0.25) is 0 Å². The van der Waals surface area contributed by atoms with Gasteiger partial charge < -0.3 is 9.47 Å². The van der Waals surface area contributed by atoms with E-state index in [-0.39, 0.29) is 10.8 Å². The third kappa shape index (κ3) is 3.92. The molecule has 0 fully saturated rings. The first-order valence-electron chi connectivity index (χ1n) is 10.8. The SMILES string of the molecule is COc1cc2nc(NC(=O)c3ccc(S(=O)(=O)N4CCC5=C4C=CCC5)cc3)sc2cc1OC. The van der Waals surface area contributed by atoms with Crippen LogP contribution in [0.3, 0.4) is 0 Å². The first-order chi connectivity index (χ1) is 16.4. The van der Waals surface area contributed by atoms with Crippen LogP contribution in [0.15, 0.2) is 64.7 Å². The molecule has 0 saturated carbocycles. The van der Waals surface area contributed by atoms with Crippen molar-refractivity contribution in [3.63, 3.8) is 0 Å². The maximum atomic E-state index is 13.2. The van der Waals surface area contributed by atoms with Gasteiger partial charge in [0.25, 0.3) is 15.9 Å². The van der Waals surface area contributed by atoms with Crippen LogP contribution < -0.4 is 14.8 Å². The molecule has 2 aliphatic rings. The molecule has 0 saturated heterocycles. The van der Waals surface area contributed by atoms with Gasteiger partial charge in [0.15, 0.2) is 16.6 Å². The average Bonchev–Trinajstić information content (AvgIpc) is 3.46. The highest BCUT2D eigenvalue weighted by molar-refractivity contribution is 7.89. The molecule has 2 aromatic carbocycles. The molecule has 1 amide bonds. The van der Waals surface area contributed by atoms with Gasteiger partial charge in [-0.1, -0.05) is 17.4 Å². The number of methoxy groups -OCH3 is 2. The predicted octanol–water partition coefficient (Wildman–Crippen LogP) is 4.56. The van der Waals surface area contributed by atoms with Crippen molar-refractivity contribution < 1.29 is 22.7 Å². The smallest absolute Gasteiger partial charge is 0.264 e. The molecule has 1 N–H and O–H groups in total. The van der Waals surface area contributed by atoms with Crippen LogP contribution in [0, 0.1) is 0 Å². The van der Waals surface area contributed by atoms with Crippen molar-refractivity contribution in [2.75, 3.05) is 26.1 Å². The number of thiazole rings is 1. The highest BCUT2D eigenvalue weighted by Crippen LogP contribution is 2.37. The maximum absolute atomic E-state index is 13.2. The number of carbonyl (C=O) groups excluding carboxylic acids is 1. The number of benzene rings is 2. The van der Waals surface area contributed by atoms with Crippen LogP contribution in [0.5, 0.6) is 11.5 Å². The minimum absolute atomic E-state index is 0.163. The van der Waals surface area contributed by atoms with E-state index >= 15 is 0 Å². The lowest BCUT2D eigenvalue weighted by Crippen LogP contribution is -2.27. The van der Waals surface area contributed by atoms with E-state index in [2.05, 4.69) is 10.3 Å². The fourth-order valence-electron chi connectivity index (χ4n) is 4.20. The van der Waals surface area contributed by atoms with Gasteiger partial charge in [0.05, 0.1) is 35.0 Å².